The molecule has 1 aromatic carbocycles. The molecule has 1 aromatic heterocycles. The van der Waals surface area contributed by atoms with Crippen LogP contribution in [0, 0.1) is 6.92 Å². The van der Waals surface area contributed by atoms with Crippen LogP contribution in [-0.4, -0.2) is 52.9 Å². The van der Waals surface area contributed by atoms with Crippen LogP contribution in [0.3, 0.4) is 0 Å². The van der Waals surface area contributed by atoms with E-state index >= 15 is 0 Å². The summed E-state index contributed by atoms with van der Waals surface area (Å²) < 4.78 is 4.74. The molecule has 2 heterocycles. The third-order valence-electron chi connectivity index (χ3n) is 5.52. The van der Waals surface area contributed by atoms with E-state index < -0.39 is 5.97 Å². The molecule has 3 rings (SSSR count). The van der Waals surface area contributed by atoms with Gasteiger partial charge in [0.1, 0.15) is 5.82 Å². The molecule has 168 valence electrons. The summed E-state index contributed by atoms with van der Waals surface area (Å²) >= 11 is 0. The first-order valence-corrected chi connectivity index (χ1v) is 10.5. The quantitative estimate of drug-likeness (QED) is 0.552. The highest BCUT2D eigenvalue weighted by atomic mass is 16.5. The third-order valence-corrected chi connectivity index (χ3v) is 5.52. The maximum Gasteiger partial charge on any atom is 0.337 e. The van der Waals surface area contributed by atoms with Crippen molar-refractivity contribution >= 4 is 17.8 Å². The van der Waals surface area contributed by atoms with Crippen molar-refractivity contribution in [3.8, 4) is 0 Å². The second-order valence-corrected chi connectivity index (χ2v) is 7.94. The first kappa shape index (κ1) is 23.1. The minimum atomic E-state index is -0.427. The highest BCUT2D eigenvalue weighted by Crippen LogP contribution is 2.29. The molecule has 0 aliphatic carbocycles. The zero-order chi connectivity index (χ0) is 23.3. The Morgan fingerprint density at radius 1 is 1.25 bits per heavy atom. The Morgan fingerprint density at radius 2 is 1.97 bits per heavy atom. The van der Waals surface area contributed by atoms with Gasteiger partial charge in [0.15, 0.2) is 0 Å². The fraction of sp³-hybridized carbons (Fsp3) is 0.375. The van der Waals surface area contributed by atoms with Crippen LogP contribution in [0.5, 0.6) is 0 Å². The van der Waals surface area contributed by atoms with E-state index in [2.05, 4.69) is 21.9 Å². The monoisotopic (exact) mass is 436 g/mol. The molecule has 0 bridgehead atoms. The molecule has 1 N–H and O–H groups in total. The summed E-state index contributed by atoms with van der Waals surface area (Å²) in [5, 5.41) is 2.89. The fourth-order valence-electron chi connectivity index (χ4n) is 3.80. The van der Waals surface area contributed by atoms with E-state index in [0.717, 1.165) is 18.4 Å². The van der Waals surface area contributed by atoms with Crippen LogP contribution in [0.2, 0.25) is 0 Å². The lowest BCUT2D eigenvalue weighted by Gasteiger charge is -2.32. The summed E-state index contributed by atoms with van der Waals surface area (Å²) in [6.07, 6.45) is 3.00. The molecule has 0 spiro atoms. The van der Waals surface area contributed by atoms with Crippen LogP contribution in [0.25, 0.3) is 0 Å². The summed E-state index contributed by atoms with van der Waals surface area (Å²) in [4.78, 5) is 47.5. The number of hydrogen-bond acceptors (Lipinski definition) is 6. The Kier molecular flexibility index (Phi) is 7.35. The van der Waals surface area contributed by atoms with Crippen molar-refractivity contribution < 1.29 is 19.1 Å². The van der Waals surface area contributed by atoms with Gasteiger partial charge in [-0.05, 0) is 44.4 Å². The van der Waals surface area contributed by atoms with E-state index in [4.69, 9.17) is 4.74 Å². The van der Waals surface area contributed by atoms with E-state index in [9.17, 15) is 14.4 Å². The van der Waals surface area contributed by atoms with Crippen molar-refractivity contribution in [2.45, 2.75) is 39.2 Å². The van der Waals surface area contributed by atoms with Crippen molar-refractivity contribution in [1.29, 1.82) is 0 Å². The normalized spacial score (nSPS) is 14.0. The molecule has 0 radical (unpaired) electrons. The molecule has 1 aliphatic rings. The molecule has 0 atom stereocenters. The maximum atomic E-state index is 13.0. The van der Waals surface area contributed by atoms with Gasteiger partial charge in [0.2, 0.25) is 5.91 Å². The number of carbonyl (C=O) groups excluding carboxylic acids is 3. The SMILES string of the molecule is C=C(C)C(=O)N1CCC(c2nc(C)ncc2C(=O)NCc2cccc(C(=O)OC)c2)CC1. The predicted molar refractivity (Wildman–Crippen MR) is 119 cm³/mol. The van der Waals surface area contributed by atoms with Crippen molar-refractivity contribution in [2.75, 3.05) is 20.2 Å². The number of esters is 1. The number of ether oxygens (including phenoxy) is 1. The van der Waals surface area contributed by atoms with Crippen LogP contribution >= 0.6 is 0 Å². The average Bonchev–Trinajstić information content (AvgIpc) is 2.81. The molecule has 1 fully saturated rings. The Balaban J connectivity index is 1.71. The summed E-state index contributed by atoms with van der Waals surface area (Å²) in [5.74, 6) is -0.0701. The zero-order valence-electron chi connectivity index (χ0n) is 18.7. The minimum Gasteiger partial charge on any atom is -0.465 e. The highest BCUT2D eigenvalue weighted by molar-refractivity contribution is 5.95. The van der Waals surface area contributed by atoms with Crippen molar-refractivity contribution in [3.63, 3.8) is 0 Å². The number of benzene rings is 1. The number of nitrogens with one attached hydrogen (secondary N) is 1. The molecule has 8 heteroatoms. The second-order valence-electron chi connectivity index (χ2n) is 7.94. The van der Waals surface area contributed by atoms with Gasteiger partial charge in [-0.25, -0.2) is 14.8 Å². The lowest BCUT2D eigenvalue weighted by molar-refractivity contribution is -0.128. The van der Waals surface area contributed by atoms with E-state index in [-0.39, 0.29) is 24.3 Å². The number of hydrogen-bond donors (Lipinski definition) is 1. The van der Waals surface area contributed by atoms with Gasteiger partial charge >= 0.3 is 5.97 Å². The van der Waals surface area contributed by atoms with Crippen LogP contribution in [0.1, 0.15) is 63.5 Å². The van der Waals surface area contributed by atoms with Gasteiger partial charge in [-0.2, -0.15) is 0 Å². The number of amides is 2. The van der Waals surface area contributed by atoms with Crippen LogP contribution in [0.15, 0.2) is 42.6 Å². The van der Waals surface area contributed by atoms with Gasteiger partial charge in [-0.1, -0.05) is 18.7 Å². The Morgan fingerprint density at radius 3 is 2.62 bits per heavy atom. The van der Waals surface area contributed by atoms with Gasteiger partial charge in [0.25, 0.3) is 5.91 Å². The smallest absolute Gasteiger partial charge is 0.337 e. The lowest BCUT2D eigenvalue weighted by atomic mass is 9.90. The summed E-state index contributed by atoms with van der Waals surface area (Å²) in [6, 6.07) is 6.92. The molecule has 32 heavy (non-hydrogen) atoms. The van der Waals surface area contributed by atoms with E-state index in [1.807, 2.05) is 6.07 Å². The number of piperidine rings is 1. The average molecular weight is 437 g/mol. The molecule has 2 amide bonds. The zero-order valence-corrected chi connectivity index (χ0v) is 18.7. The summed E-state index contributed by atoms with van der Waals surface area (Å²) in [7, 11) is 1.33. The standard InChI is InChI=1S/C24H28N4O4/c1-15(2)23(30)28-10-8-18(9-11-28)21-20(14-25-16(3)27-21)22(29)26-13-17-6-5-7-19(12-17)24(31)32-4/h5-7,12,14,18H,1,8-11,13H2,2-4H3,(H,26,29). The van der Waals surface area contributed by atoms with Crippen molar-refractivity contribution in [2.24, 2.45) is 0 Å². The van der Waals surface area contributed by atoms with Gasteiger partial charge in [0, 0.05) is 37.3 Å². The topological polar surface area (TPSA) is 101 Å². The van der Waals surface area contributed by atoms with E-state index in [1.54, 1.807) is 43.1 Å². The largest absolute Gasteiger partial charge is 0.465 e. The van der Waals surface area contributed by atoms with E-state index in [1.165, 1.54) is 7.11 Å². The van der Waals surface area contributed by atoms with Crippen molar-refractivity contribution in [1.82, 2.24) is 20.2 Å². The van der Waals surface area contributed by atoms with Gasteiger partial charge in [-0.15, -0.1) is 0 Å². The molecule has 2 aromatic rings. The molecule has 1 aliphatic heterocycles. The van der Waals surface area contributed by atoms with Crippen LogP contribution < -0.4 is 5.32 Å². The van der Waals surface area contributed by atoms with Crippen LogP contribution in [-0.2, 0) is 16.1 Å². The molecule has 8 nitrogen and oxygen atoms in total. The number of aryl methyl sites for hydroxylation is 1. The Hall–Kier alpha value is -3.55. The van der Waals surface area contributed by atoms with Crippen molar-refractivity contribution in [3.05, 3.63) is 70.8 Å². The molecule has 0 saturated carbocycles. The predicted octanol–water partition coefficient (Wildman–Crippen LogP) is 2.78. The summed E-state index contributed by atoms with van der Waals surface area (Å²) in [5.41, 5.74) is 2.87. The lowest BCUT2D eigenvalue weighted by Crippen LogP contribution is -2.38. The molecular weight excluding hydrogens is 408 g/mol. The Bertz CT molecular complexity index is 1040. The third kappa shape index (κ3) is 5.38. The first-order chi connectivity index (χ1) is 15.3. The number of aromatic nitrogens is 2. The molecule has 0 unspecified atom stereocenters. The maximum absolute atomic E-state index is 13.0. The van der Waals surface area contributed by atoms with E-state index in [0.29, 0.717) is 41.3 Å². The number of rotatable bonds is 6. The first-order valence-electron chi connectivity index (χ1n) is 10.5. The number of likely N-dealkylation sites (tertiary alicyclic amines) is 1. The molecular formula is C24H28N4O4. The number of nitrogens with zero attached hydrogens (tertiary/aromatic N) is 3. The number of methoxy groups -OCH3 is 1. The number of carbonyl (C=O) groups is 3. The second kappa shape index (κ2) is 10.2. The highest BCUT2D eigenvalue weighted by Gasteiger charge is 2.28. The minimum absolute atomic E-state index is 0.0329. The van der Waals surface area contributed by atoms with Gasteiger partial charge in [0.05, 0.1) is 23.9 Å². The Labute approximate surface area is 187 Å². The van der Waals surface area contributed by atoms with Crippen LogP contribution in [0.4, 0.5) is 0 Å². The summed E-state index contributed by atoms with van der Waals surface area (Å²) in [6.45, 7) is 8.69. The fourth-order valence-corrected chi connectivity index (χ4v) is 3.80. The van der Waals surface area contributed by atoms with Gasteiger partial charge in [-0.3, -0.25) is 9.59 Å². The molecule has 1 saturated heterocycles. The van der Waals surface area contributed by atoms with Gasteiger partial charge < -0.3 is 15.0 Å².